The maximum Gasteiger partial charge on any atom is 0.147 e. The summed E-state index contributed by atoms with van der Waals surface area (Å²) in [5.41, 5.74) is 5.79. The first kappa shape index (κ1) is 40.5. The minimum atomic E-state index is -0.233. The third kappa shape index (κ3) is 12.4. The van der Waals surface area contributed by atoms with Gasteiger partial charge < -0.3 is 19.7 Å². The smallest absolute Gasteiger partial charge is 0.147 e. The molecule has 0 atom stereocenters. The third-order valence-electron chi connectivity index (χ3n) is 9.54. The number of rotatable bonds is 15. The molecular formula is C44H56O6. The lowest BCUT2D eigenvalue weighted by Gasteiger charge is -2.29. The average molecular weight is 681 g/mol. The fourth-order valence-electron chi connectivity index (χ4n) is 6.58. The Morgan fingerprint density at radius 1 is 0.720 bits per heavy atom. The second kappa shape index (κ2) is 22.0. The van der Waals surface area contributed by atoms with E-state index in [9.17, 15) is 9.59 Å². The lowest BCUT2D eigenvalue weighted by molar-refractivity contribution is -0.106. The van der Waals surface area contributed by atoms with Crippen LogP contribution >= 0.6 is 0 Å². The number of benzene rings is 4. The number of aliphatic hydroxyl groups excluding tert-OH is 2. The van der Waals surface area contributed by atoms with Gasteiger partial charge in [-0.05, 0) is 93.5 Å². The summed E-state index contributed by atoms with van der Waals surface area (Å²) in [7, 11) is 3.50. The number of aldehydes is 2. The van der Waals surface area contributed by atoms with Crippen LogP contribution in [-0.2, 0) is 19.1 Å². The van der Waals surface area contributed by atoms with Gasteiger partial charge in [0.2, 0.25) is 0 Å². The van der Waals surface area contributed by atoms with Crippen LogP contribution in [0.2, 0.25) is 0 Å². The van der Waals surface area contributed by atoms with E-state index in [0.29, 0.717) is 25.8 Å². The highest BCUT2D eigenvalue weighted by Gasteiger charge is 2.22. The Balaban J connectivity index is 0.000000485. The summed E-state index contributed by atoms with van der Waals surface area (Å²) >= 11 is 0. The van der Waals surface area contributed by atoms with Gasteiger partial charge in [-0.15, -0.1) is 0 Å². The highest BCUT2D eigenvalue weighted by molar-refractivity contribution is 5.92. The lowest BCUT2D eigenvalue weighted by atomic mass is 9.76. The molecule has 1 fully saturated rings. The maximum atomic E-state index is 9.48. The van der Waals surface area contributed by atoms with Gasteiger partial charge in [0.25, 0.3) is 0 Å². The Hall–Kier alpha value is -3.94. The standard InChI is InChI=1S/C36H44O2.2C4H6O2/c1-4-5-6-7-26-8-10-27(11-9-26)28-12-13-30-21-31(15-14-29(30)20-28)32-16-17-34-23-35(19-18-33(34)22-32)36(24-37-2)25-38-3;2*1-4(2-5)3-6/h12-23,26-27,36H,4-11,24-25H2,1-3H3;2*2,6H,1,3H2. The Morgan fingerprint density at radius 2 is 1.22 bits per heavy atom. The number of aliphatic hydroxyl groups is 2. The maximum absolute atomic E-state index is 9.48. The van der Waals surface area contributed by atoms with Gasteiger partial charge in [0.05, 0.1) is 26.4 Å². The van der Waals surface area contributed by atoms with Crippen molar-refractivity contribution >= 4 is 34.1 Å². The summed E-state index contributed by atoms with van der Waals surface area (Å²) in [5, 5.41) is 21.2. The van der Waals surface area contributed by atoms with Gasteiger partial charge >= 0.3 is 0 Å². The van der Waals surface area contributed by atoms with Crippen molar-refractivity contribution in [2.75, 3.05) is 40.6 Å². The van der Waals surface area contributed by atoms with Gasteiger partial charge in [-0.1, -0.05) is 106 Å². The molecule has 1 aliphatic rings. The van der Waals surface area contributed by atoms with E-state index in [1.54, 1.807) is 19.8 Å². The molecule has 0 amide bonds. The predicted octanol–water partition coefficient (Wildman–Crippen LogP) is 9.36. The minimum Gasteiger partial charge on any atom is -0.392 e. The third-order valence-corrected chi connectivity index (χ3v) is 9.54. The predicted molar refractivity (Wildman–Crippen MR) is 207 cm³/mol. The molecule has 0 bridgehead atoms. The number of hydrogen-bond acceptors (Lipinski definition) is 6. The quantitative estimate of drug-likeness (QED) is 0.0739. The van der Waals surface area contributed by atoms with Crippen molar-refractivity contribution in [2.24, 2.45) is 5.92 Å². The summed E-state index contributed by atoms with van der Waals surface area (Å²) in [6.45, 7) is 9.51. The van der Waals surface area contributed by atoms with E-state index < -0.39 is 0 Å². The molecule has 1 aliphatic carbocycles. The molecule has 1 saturated carbocycles. The fourth-order valence-corrected chi connectivity index (χ4v) is 6.58. The number of ether oxygens (including phenoxy) is 2. The summed E-state index contributed by atoms with van der Waals surface area (Å²) in [6, 6.07) is 27.7. The van der Waals surface area contributed by atoms with Crippen LogP contribution in [0.1, 0.15) is 81.3 Å². The molecule has 0 radical (unpaired) electrons. The molecule has 50 heavy (non-hydrogen) atoms. The van der Waals surface area contributed by atoms with Crippen molar-refractivity contribution in [1.82, 2.24) is 0 Å². The molecule has 0 unspecified atom stereocenters. The number of fused-ring (bicyclic) bond motifs is 2. The molecule has 4 aromatic rings. The van der Waals surface area contributed by atoms with Crippen molar-refractivity contribution in [2.45, 2.75) is 70.1 Å². The molecule has 0 aliphatic heterocycles. The zero-order valence-electron chi connectivity index (χ0n) is 30.2. The monoisotopic (exact) mass is 680 g/mol. The molecule has 6 heteroatoms. The Kier molecular flexibility index (Phi) is 17.8. The highest BCUT2D eigenvalue weighted by atomic mass is 16.5. The first-order chi connectivity index (χ1) is 24.3. The molecule has 0 spiro atoms. The molecule has 5 rings (SSSR count). The Morgan fingerprint density at radius 3 is 1.70 bits per heavy atom. The molecule has 0 heterocycles. The van der Waals surface area contributed by atoms with E-state index in [0.717, 1.165) is 11.8 Å². The molecule has 0 saturated heterocycles. The van der Waals surface area contributed by atoms with Crippen LogP contribution in [0.3, 0.4) is 0 Å². The van der Waals surface area contributed by atoms with Crippen LogP contribution in [0.5, 0.6) is 0 Å². The van der Waals surface area contributed by atoms with Crippen LogP contribution < -0.4 is 0 Å². The van der Waals surface area contributed by atoms with E-state index in [4.69, 9.17) is 19.7 Å². The summed E-state index contributed by atoms with van der Waals surface area (Å²) in [5.74, 6) is 1.95. The van der Waals surface area contributed by atoms with E-state index in [1.165, 1.54) is 89.6 Å². The van der Waals surface area contributed by atoms with Gasteiger partial charge in [0.15, 0.2) is 0 Å². The second-order valence-corrected chi connectivity index (χ2v) is 13.3. The molecule has 6 nitrogen and oxygen atoms in total. The van der Waals surface area contributed by atoms with Crippen molar-refractivity contribution in [3.8, 4) is 11.1 Å². The van der Waals surface area contributed by atoms with Crippen LogP contribution in [0.15, 0.2) is 97.1 Å². The number of carbonyl (C=O) groups is 2. The SMILES string of the molecule is C=C(C=O)CO.C=C(C=O)CO.CCCCCC1CCC(c2ccc3cc(-c4ccc5cc(C(COC)COC)ccc5c4)ccc3c2)CC1. The zero-order chi connectivity index (χ0) is 36.3. The Bertz CT molecular complexity index is 1640. The molecule has 268 valence electrons. The lowest BCUT2D eigenvalue weighted by Crippen LogP contribution is -2.13. The Labute approximate surface area is 298 Å². The van der Waals surface area contributed by atoms with Gasteiger partial charge in [-0.3, -0.25) is 9.59 Å². The van der Waals surface area contributed by atoms with Crippen molar-refractivity contribution < 1.29 is 29.3 Å². The van der Waals surface area contributed by atoms with E-state index in [-0.39, 0.29) is 30.3 Å². The van der Waals surface area contributed by atoms with Crippen molar-refractivity contribution in [1.29, 1.82) is 0 Å². The number of hydrogen-bond donors (Lipinski definition) is 2. The largest absolute Gasteiger partial charge is 0.392 e. The van der Waals surface area contributed by atoms with Crippen molar-refractivity contribution in [3.05, 3.63) is 108 Å². The summed E-state index contributed by atoms with van der Waals surface area (Å²) in [6.07, 6.45) is 12.2. The number of carbonyl (C=O) groups excluding carboxylic acids is 2. The fraction of sp³-hybridized carbons (Fsp3) is 0.409. The summed E-state index contributed by atoms with van der Waals surface area (Å²) < 4.78 is 10.8. The topological polar surface area (TPSA) is 93.1 Å². The molecule has 4 aromatic carbocycles. The van der Waals surface area contributed by atoms with Gasteiger partial charge in [-0.2, -0.15) is 0 Å². The highest BCUT2D eigenvalue weighted by Crippen LogP contribution is 2.39. The first-order valence-electron chi connectivity index (χ1n) is 17.8. The summed E-state index contributed by atoms with van der Waals surface area (Å²) in [4.78, 5) is 19.0. The molecule has 0 aromatic heterocycles. The van der Waals surface area contributed by atoms with Gasteiger partial charge in [0, 0.05) is 31.3 Å². The van der Waals surface area contributed by atoms with E-state index >= 15 is 0 Å². The van der Waals surface area contributed by atoms with Gasteiger partial charge in [0.1, 0.15) is 12.6 Å². The second-order valence-electron chi connectivity index (χ2n) is 13.3. The zero-order valence-corrected chi connectivity index (χ0v) is 30.2. The van der Waals surface area contributed by atoms with Crippen molar-refractivity contribution in [3.63, 3.8) is 0 Å². The first-order valence-corrected chi connectivity index (χ1v) is 17.8. The molecular weight excluding hydrogens is 624 g/mol. The molecule has 2 N–H and O–H groups in total. The van der Waals surface area contributed by atoms with Crippen LogP contribution in [0.25, 0.3) is 32.7 Å². The van der Waals surface area contributed by atoms with E-state index in [2.05, 4.69) is 92.9 Å². The normalized spacial score (nSPS) is 15.5. The van der Waals surface area contributed by atoms with E-state index in [1.807, 2.05) is 0 Å². The minimum absolute atomic E-state index is 0.218. The van der Waals surface area contributed by atoms with Crippen LogP contribution in [0, 0.1) is 5.92 Å². The van der Waals surface area contributed by atoms with Gasteiger partial charge in [-0.25, -0.2) is 0 Å². The average Bonchev–Trinajstić information content (AvgIpc) is 3.17. The van der Waals surface area contributed by atoms with Crippen LogP contribution in [0.4, 0.5) is 0 Å². The van der Waals surface area contributed by atoms with Crippen LogP contribution in [-0.4, -0.2) is 63.4 Å². The number of unbranched alkanes of at least 4 members (excludes halogenated alkanes) is 2. The number of methoxy groups -OCH3 is 2.